The average molecular weight is 395 g/mol. The van der Waals surface area contributed by atoms with Gasteiger partial charge in [-0.1, -0.05) is 0 Å². The van der Waals surface area contributed by atoms with Crippen molar-refractivity contribution in [3.63, 3.8) is 0 Å². The highest BCUT2D eigenvalue weighted by atomic mass is 16.5. The molecule has 156 valence electrons. The third-order valence-electron chi connectivity index (χ3n) is 4.52. The Morgan fingerprint density at radius 3 is 2.64 bits per heavy atom. The van der Waals surface area contributed by atoms with E-state index in [4.69, 9.17) is 14.2 Å². The lowest BCUT2D eigenvalue weighted by Crippen LogP contribution is -2.42. The van der Waals surface area contributed by atoms with Crippen molar-refractivity contribution in [2.24, 2.45) is 0 Å². The molecule has 0 bridgehead atoms. The summed E-state index contributed by atoms with van der Waals surface area (Å²) in [4.78, 5) is 26.1. The number of ether oxygens (including phenoxy) is 3. The highest BCUT2D eigenvalue weighted by Crippen LogP contribution is 2.29. The molecule has 0 aliphatic carbocycles. The van der Waals surface area contributed by atoms with E-state index in [1.54, 1.807) is 18.2 Å². The van der Waals surface area contributed by atoms with Crippen molar-refractivity contribution < 1.29 is 28.9 Å². The maximum absolute atomic E-state index is 12.3. The Hall–Kier alpha value is -2.36. The summed E-state index contributed by atoms with van der Waals surface area (Å²) in [5, 5.41) is 15.0. The van der Waals surface area contributed by atoms with Crippen molar-refractivity contribution in [3.8, 4) is 11.5 Å². The fraction of sp³-hybridized carbons (Fsp3) is 0.579. The Morgan fingerprint density at radius 1 is 1.25 bits per heavy atom. The zero-order valence-electron chi connectivity index (χ0n) is 16.4. The molecule has 9 nitrogen and oxygen atoms in total. The first-order valence-electron chi connectivity index (χ1n) is 9.31. The number of morpholine rings is 1. The van der Waals surface area contributed by atoms with Gasteiger partial charge in [0.15, 0.2) is 0 Å². The number of nitrogens with one attached hydrogen (secondary N) is 2. The SMILES string of the molecule is COc1ccc(NC(=O)C[C@H](NCCCN2CCOCC2)C(=O)O)c(OC)c1. The molecule has 0 unspecified atom stereocenters. The van der Waals surface area contributed by atoms with Crippen LogP contribution in [0.4, 0.5) is 5.69 Å². The number of carbonyl (C=O) groups is 2. The van der Waals surface area contributed by atoms with Gasteiger partial charge in [-0.15, -0.1) is 0 Å². The first-order chi connectivity index (χ1) is 13.5. The second-order valence-electron chi connectivity index (χ2n) is 6.47. The lowest BCUT2D eigenvalue weighted by molar-refractivity contribution is -0.141. The predicted molar refractivity (Wildman–Crippen MR) is 104 cm³/mol. The van der Waals surface area contributed by atoms with Gasteiger partial charge >= 0.3 is 5.97 Å². The molecule has 1 aliphatic heterocycles. The molecule has 1 aliphatic rings. The minimum atomic E-state index is -1.05. The summed E-state index contributed by atoms with van der Waals surface area (Å²) in [7, 11) is 3.02. The molecule has 0 radical (unpaired) electrons. The minimum absolute atomic E-state index is 0.179. The molecule has 1 atom stereocenters. The van der Waals surface area contributed by atoms with Crippen LogP contribution in [0.2, 0.25) is 0 Å². The van der Waals surface area contributed by atoms with Gasteiger partial charge in [-0.05, 0) is 31.6 Å². The van der Waals surface area contributed by atoms with E-state index < -0.39 is 17.9 Å². The Labute approximate surface area is 164 Å². The molecule has 0 aromatic heterocycles. The zero-order chi connectivity index (χ0) is 20.4. The first-order valence-corrected chi connectivity index (χ1v) is 9.31. The van der Waals surface area contributed by atoms with E-state index in [9.17, 15) is 14.7 Å². The topological polar surface area (TPSA) is 109 Å². The van der Waals surface area contributed by atoms with E-state index in [0.29, 0.717) is 23.7 Å². The van der Waals surface area contributed by atoms with Crippen LogP contribution in [0.5, 0.6) is 11.5 Å². The van der Waals surface area contributed by atoms with Gasteiger partial charge in [-0.2, -0.15) is 0 Å². The normalized spacial score (nSPS) is 15.6. The van der Waals surface area contributed by atoms with Gasteiger partial charge in [0.05, 0.1) is 39.5 Å². The smallest absolute Gasteiger partial charge is 0.321 e. The fourth-order valence-electron chi connectivity index (χ4n) is 2.94. The lowest BCUT2D eigenvalue weighted by Gasteiger charge is -2.26. The van der Waals surface area contributed by atoms with Crippen molar-refractivity contribution in [1.82, 2.24) is 10.2 Å². The molecular formula is C19H29N3O6. The Kier molecular flexibility index (Phi) is 8.99. The van der Waals surface area contributed by atoms with E-state index in [-0.39, 0.29) is 6.42 Å². The van der Waals surface area contributed by atoms with Gasteiger partial charge in [0.1, 0.15) is 17.5 Å². The van der Waals surface area contributed by atoms with Crippen LogP contribution in [0.15, 0.2) is 18.2 Å². The summed E-state index contributed by atoms with van der Waals surface area (Å²) in [5.74, 6) is -0.419. The van der Waals surface area contributed by atoms with Gasteiger partial charge in [-0.3, -0.25) is 14.5 Å². The summed E-state index contributed by atoms with van der Waals surface area (Å²) in [6.45, 7) is 4.66. The van der Waals surface area contributed by atoms with Crippen LogP contribution < -0.4 is 20.1 Å². The molecule has 3 N–H and O–H groups in total. The van der Waals surface area contributed by atoms with Gasteiger partial charge < -0.3 is 30.0 Å². The lowest BCUT2D eigenvalue weighted by atomic mass is 10.2. The summed E-state index contributed by atoms with van der Waals surface area (Å²) in [6, 6.07) is 4.04. The highest BCUT2D eigenvalue weighted by Gasteiger charge is 2.21. The van der Waals surface area contributed by atoms with Crippen LogP contribution in [0, 0.1) is 0 Å². The molecule has 1 aromatic carbocycles. The van der Waals surface area contributed by atoms with Gasteiger partial charge in [-0.25, -0.2) is 0 Å². The molecular weight excluding hydrogens is 366 g/mol. The van der Waals surface area contributed by atoms with E-state index in [2.05, 4.69) is 15.5 Å². The van der Waals surface area contributed by atoms with Gasteiger partial charge in [0.2, 0.25) is 5.91 Å². The van der Waals surface area contributed by atoms with Crippen molar-refractivity contribution in [2.75, 3.05) is 58.9 Å². The summed E-state index contributed by atoms with van der Waals surface area (Å²) < 4.78 is 15.7. The van der Waals surface area contributed by atoms with Crippen molar-refractivity contribution in [1.29, 1.82) is 0 Å². The van der Waals surface area contributed by atoms with Crippen LogP contribution in [0.3, 0.4) is 0 Å². The van der Waals surface area contributed by atoms with E-state index >= 15 is 0 Å². The van der Waals surface area contributed by atoms with Crippen LogP contribution in [-0.2, 0) is 14.3 Å². The summed E-state index contributed by atoms with van der Waals surface area (Å²) in [6.07, 6.45) is 0.625. The van der Waals surface area contributed by atoms with Crippen LogP contribution >= 0.6 is 0 Å². The second-order valence-corrected chi connectivity index (χ2v) is 6.47. The van der Waals surface area contributed by atoms with E-state index in [1.165, 1.54) is 14.2 Å². The molecule has 1 amide bonds. The minimum Gasteiger partial charge on any atom is -0.497 e. The highest BCUT2D eigenvalue weighted by molar-refractivity contribution is 5.95. The monoisotopic (exact) mass is 395 g/mol. The molecule has 0 saturated carbocycles. The van der Waals surface area contributed by atoms with E-state index in [1.807, 2.05) is 0 Å². The number of carbonyl (C=O) groups excluding carboxylic acids is 1. The van der Waals surface area contributed by atoms with Crippen molar-refractivity contribution >= 4 is 17.6 Å². The zero-order valence-corrected chi connectivity index (χ0v) is 16.4. The number of rotatable bonds is 11. The molecule has 1 fully saturated rings. The molecule has 1 saturated heterocycles. The predicted octanol–water partition coefficient (Wildman–Crippen LogP) is 0.798. The number of amides is 1. The molecule has 2 rings (SSSR count). The third kappa shape index (κ3) is 6.99. The van der Waals surface area contributed by atoms with Crippen LogP contribution in [0.1, 0.15) is 12.8 Å². The number of carboxylic acid groups (broad SMARTS) is 1. The van der Waals surface area contributed by atoms with Crippen molar-refractivity contribution in [2.45, 2.75) is 18.9 Å². The average Bonchev–Trinajstić information content (AvgIpc) is 2.71. The number of hydrogen-bond donors (Lipinski definition) is 3. The standard InChI is InChI=1S/C19H29N3O6/c1-26-14-4-5-15(17(12-14)27-2)21-18(23)13-16(19(24)25)20-6-3-7-22-8-10-28-11-9-22/h4-5,12,16,20H,3,6-11,13H2,1-2H3,(H,21,23)(H,24,25)/t16-/m0/s1. The second kappa shape index (κ2) is 11.5. The molecule has 28 heavy (non-hydrogen) atoms. The quantitative estimate of drug-likeness (QED) is 0.472. The number of anilines is 1. The maximum Gasteiger partial charge on any atom is 0.321 e. The number of nitrogens with zero attached hydrogens (tertiary/aromatic N) is 1. The van der Waals surface area contributed by atoms with E-state index in [0.717, 1.165) is 39.3 Å². The number of benzene rings is 1. The Balaban J connectivity index is 1.80. The first kappa shape index (κ1) is 21.9. The molecule has 0 spiro atoms. The Morgan fingerprint density at radius 2 is 2.00 bits per heavy atom. The van der Waals surface area contributed by atoms with Crippen LogP contribution in [-0.4, -0.2) is 81.5 Å². The number of aliphatic carboxylic acids is 1. The Bertz CT molecular complexity index is 649. The number of methoxy groups -OCH3 is 2. The number of hydrogen-bond acceptors (Lipinski definition) is 7. The van der Waals surface area contributed by atoms with Gasteiger partial charge in [0, 0.05) is 19.2 Å². The van der Waals surface area contributed by atoms with Crippen LogP contribution in [0.25, 0.3) is 0 Å². The summed E-state index contributed by atoms with van der Waals surface area (Å²) >= 11 is 0. The number of carboxylic acids is 1. The fourth-order valence-corrected chi connectivity index (χ4v) is 2.94. The third-order valence-corrected chi connectivity index (χ3v) is 4.52. The molecule has 1 aromatic rings. The molecule has 1 heterocycles. The largest absolute Gasteiger partial charge is 0.497 e. The van der Waals surface area contributed by atoms with Crippen molar-refractivity contribution in [3.05, 3.63) is 18.2 Å². The maximum atomic E-state index is 12.3. The van der Waals surface area contributed by atoms with Gasteiger partial charge in [0.25, 0.3) is 0 Å². The molecule has 9 heteroatoms. The summed E-state index contributed by atoms with van der Waals surface area (Å²) in [5.41, 5.74) is 0.463.